The summed E-state index contributed by atoms with van der Waals surface area (Å²) in [4.78, 5) is 27.7. The van der Waals surface area contributed by atoms with Gasteiger partial charge < -0.3 is 16.0 Å². The summed E-state index contributed by atoms with van der Waals surface area (Å²) in [6, 6.07) is 10.0. The van der Waals surface area contributed by atoms with Gasteiger partial charge in [-0.05, 0) is 62.4 Å². The molecule has 4 heterocycles. The van der Waals surface area contributed by atoms with Crippen LogP contribution in [-0.2, 0) is 6.18 Å². The zero-order chi connectivity index (χ0) is 26.9. The molecule has 3 N–H and O–H groups in total. The fourth-order valence-electron chi connectivity index (χ4n) is 4.88. The molecule has 1 aliphatic heterocycles. The largest absolute Gasteiger partial charge is 0.417 e. The molecule has 0 bridgehead atoms. The number of halogens is 3. The van der Waals surface area contributed by atoms with E-state index in [0.717, 1.165) is 25.5 Å². The summed E-state index contributed by atoms with van der Waals surface area (Å²) in [6.45, 7) is 3.54. The summed E-state index contributed by atoms with van der Waals surface area (Å²) < 4.78 is 44.5. The molecule has 1 aromatic carbocycles. The van der Waals surface area contributed by atoms with Crippen LogP contribution < -0.4 is 11.1 Å². The zero-order valence-corrected chi connectivity index (χ0v) is 20.6. The second-order valence-corrected chi connectivity index (χ2v) is 9.09. The first-order valence-electron chi connectivity index (χ1n) is 12.2. The highest BCUT2D eigenvalue weighted by molar-refractivity contribution is 6.04. The number of pyridine rings is 1. The first kappa shape index (κ1) is 25.2. The monoisotopic (exact) mass is 521 g/mol. The van der Waals surface area contributed by atoms with Crippen molar-refractivity contribution >= 4 is 23.2 Å². The Labute approximate surface area is 217 Å². The maximum absolute atomic E-state index is 14.4. The number of rotatable bonds is 5. The lowest BCUT2D eigenvalue weighted by Crippen LogP contribution is -2.30. The van der Waals surface area contributed by atoms with E-state index in [-0.39, 0.29) is 34.6 Å². The number of likely N-dealkylation sites (tertiary alicyclic amines) is 1. The minimum atomic E-state index is -4.76. The standard InChI is InChI=1S/C27H26F3N7O/c1-2-13-36-14-5-6-18(16-36)23-21-10-12-33-26(31)37(21)24(35-23)19-9-8-17(15-20(19)27(28,29)30)25(38)34-22-7-3-4-11-32-22/h2-4,7-13,15,18H,5-6,14,16H2,1H3,(H2,31,33)(H,32,34,38). The van der Waals surface area contributed by atoms with E-state index in [1.54, 1.807) is 24.3 Å². The van der Waals surface area contributed by atoms with Gasteiger partial charge >= 0.3 is 6.18 Å². The third-order valence-electron chi connectivity index (χ3n) is 6.54. The lowest BCUT2D eigenvalue weighted by molar-refractivity contribution is -0.137. The molecule has 1 saturated heterocycles. The molecule has 1 amide bonds. The van der Waals surface area contributed by atoms with Crippen molar-refractivity contribution in [3.8, 4) is 11.4 Å². The van der Waals surface area contributed by atoms with E-state index >= 15 is 0 Å². The number of piperidine rings is 1. The number of hydrogen-bond donors (Lipinski definition) is 2. The predicted molar refractivity (Wildman–Crippen MR) is 138 cm³/mol. The van der Waals surface area contributed by atoms with Gasteiger partial charge in [-0.25, -0.2) is 15.0 Å². The molecule has 11 heteroatoms. The number of hydrogen-bond acceptors (Lipinski definition) is 6. The Morgan fingerprint density at radius 3 is 2.74 bits per heavy atom. The molecule has 1 atom stereocenters. The van der Waals surface area contributed by atoms with Crippen LogP contribution in [0.15, 0.2) is 67.1 Å². The van der Waals surface area contributed by atoms with Crippen LogP contribution in [0.2, 0.25) is 0 Å². The van der Waals surface area contributed by atoms with Gasteiger partial charge in [0.1, 0.15) is 11.6 Å². The number of benzene rings is 1. The van der Waals surface area contributed by atoms with Gasteiger partial charge in [0.2, 0.25) is 5.95 Å². The summed E-state index contributed by atoms with van der Waals surface area (Å²) in [5, 5.41) is 2.52. The average Bonchev–Trinajstić information content (AvgIpc) is 3.30. The highest BCUT2D eigenvalue weighted by Gasteiger charge is 2.36. The molecule has 8 nitrogen and oxygen atoms in total. The van der Waals surface area contributed by atoms with E-state index in [0.29, 0.717) is 17.8 Å². The molecule has 1 fully saturated rings. The second kappa shape index (κ2) is 10.2. The number of nitrogens with one attached hydrogen (secondary N) is 1. The third-order valence-corrected chi connectivity index (χ3v) is 6.54. The molecule has 1 aliphatic rings. The van der Waals surface area contributed by atoms with Crippen LogP contribution in [0.4, 0.5) is 24.9 Å². The SMILES string of the molecule is CC=CN1CCCC(c2nc(-c3ccc(C(=O)Nc4ccccn4)cc3C(F)(F)F)n3c(N)nccc23)C1. The number of imidazole rings is 1. The van der Waals surface area contributed by atoms with E-state index in [1.807, 2.05) is 19.2 Å². The predicted octanol–water partition coefficient (Wildman–Crippen LogP) is 5.36. The van der Waals surface area contributed by atoms with Gasteiger partial charge in [-0.1, -0.05) is 12.1 Å². The smallest absolute Gasteiger partial charge is 0.377 e. The zero-order valence-electron chi connectivity index (χ0n) is 20.6. The van der Waals surface area contributed by atoms with E-state index in [1.165, 1.54) is 28.9 Å². The quantitative estimate of drug-likeness (QED) is 0.367. The number of carbonyl (C=O) groups is 1. The van der Waals surface area contributed by atoms with E-state index in [2.05, 4.69) is 20.2 Å². The third kappa shape index (κ3) is 4.91. The van der Waals surface area contributed by atoms with Crippen molar-refractivity contribution in [2.75, 3.05) is 24.1 Å². The average molecular weight is 522 g/mol. The van der Waals surface area contributed by atoms with Crippen LogP contribution in [-0.4, -0.2) is 43.2 Å². The highest BCUT2D eigenvalue weighted by Crippen LogP contribution is 2.40. The number of alkyl halides is 3. The van der Waals surface area contributed by atoms with Crippen molar-refractivity contribution in [1.29, 1.82) is 0 Å². The Morgan fingerprint density at radius 1 is 1.16 bits per heavy atom. The molecule has 5 rings (SSSR count). The van der Waals surface area contributed by atoms with Crippen LogP contribution in [0.25, 0.3) is 16.9 Å². The minimum absolute atomic E-state index is 0.00302. The first-order chi connectivity index (χ1) is 18.3. The Hall–Kier alpha value is -4.41. The summed E-state index contributed by atoms with van der Waals surface area (Å²) in [7, 11) is 0. The van der Waals surface area contributed by atoms with Crippen LogP contribution in [0.5, 0.6) is 0 Å². The lowest BCUT2D eigenvalue weighted by atomic mass is 9.94. The van der Waals surface area contributed by atoms with E-state index in [4.69, 9.17) is 10.7 Å². The Balaban J connectivity index is 1.61. The second-order valence-electron chi connectivity index (χ2n) is 9.09. The highest BCUT2D eigenvalue weighted by atomic mass is 19.4. The molecule has 4 aromatic rings. The number of nitrogens with two attached hydrogens (primary N) is 1. The molecule has 1 unspecified atom stereocenters. The lowest BCUT2D eigenvalue weighted by Gasteiger charge is -2.31. The normalized spacial score (nSPS) is 16.3. The van der Waals surface area contributed by atoms with Gasteiger partial charge in [0.15, 0.2) is 0 Å². The first-order valence-corrected chi connectivity index (χ1v) is 12.2. The number of allylic oxidation sites excluding steroid dienone is 1. The van der Waals surface area contributed by atoms with Gasteiger partial charge in [-0.2, -0.15) is 13.2 Å². The molecule has 0 saturated carbocycles. The fourth-order valence-corrected chi connectivity index (χ4v) is 4.88. The van der Waals surface area contributed by atoms with Crippen molar-refractivity contribution < 1.29 is 18.0 Å². The number of amides is 1. The molecular weight excluding hydrogens is 495 g/mol. The Morgan fingerprint density at radius 2 is 2.00 bits per heavy atom. The van der Waals surface area contributed by atoms with Crippen LogP contribution in [0.3, 0.4) is 0 Å². The van der Waals surface area contributed by atoms with Crippen molar-refractivity contribution in [2.24, 2.45) is 0 Å². The van der Waals surface area contributed by atoms with Gasteiger partial charge in [-0.3, -0.25) is 9.20 Å². The molecular formula is C27H26F3N7O. The summed E-state index contributed by atoms with van der Waals surface area (Å²) in [6.07, 6.45) is 4.00. The Bertz CT molecular complexity index is 1500. The van der Waals surface area contributed by atoms with Crippen LogP contribution in [0, 0.1) is 0 Å². The van der Waals surface area contributed by atoms with Crippen LogP contribution in [0.1, 0.15) is 47.3 Å². The van der Waals surface area contributed by atoms with E-state index in [9.17, 15) is 18.0 Å². The molecule has 0 radical (unpaired) electrons. The number of nitrogen functional groups attached to an aromatic ring is 1. The van der Waals surface area contributed by atoms with Crippen molar-refractivity contribution in [2.45, 2.75) is 31.9 Å². The van der Waals surface area contributed by atoms with Gasteiger partial charge in [0.25, 0.3) is 5.91 Å². The number of anilines is 2. The molecule has 38 heavy (non-hydrogen) atoms. The summed E-state index contributed by atoms with van der Waals surface area (Å²) in [5.74, 6) is -0.405. The number of aromatic nitrogens is 4. The summed E-state index contributed by atoms with van der Waals surface area (Å²) >= 11 is 0. The van der Waals surface area contributed by atoms with Crippen molar-refractivity contribution in [1.82, 2.24) is 24.3 Å². The number of carbonyl (C=O) groups excluding carboxylic acids is 1. The number of fused-ring (bicyclic) bond motifs is 1. The number of nitrogens with zero attached hydrogens (tertiary/aromatic N) is 5. The van der Waals surface area contributed by atoms with E-state index < -0.39 is 17.6 Å². The fraction of sp³-hybridized carbons (Fsp3) is 0.259. The Kier molecular flexibility index (Phi) is 6.75. The van der Waals surface area contributed by atoms with Gasteiger partial charge in [0.05, 0.1) is 16.8 Å². The molecule has 3 aromatic heterocycles. The maximum Gasteiger partial charge on any atom is 0.417 e. The maximum atomic E-state index is 14.4. The van der Waals surface area contributed by atoms with Crippen LogP contribution >= 0.6 is 0 Å². The van der Waals surface area contributed by atoms with Gasteiger partial charge in [0, 0.05) is 42.5 Å². The minimum Gasteiger partial charge on any atom is -0.377 e. The molecule has 0 aliphatic carbocycles. The van der Waals surface area contributed by atoms with Gasteiger partial charge in [-0.15, -0.1) is 0 Å². The topological polar surface area (TPSA) is 101 Å². The molecule has 0 spiro atoms. The van der Waals surface area contributed by atoms with Crippen molar-refractivity contribution in [3.63, 3.8) is 0 Å². The summed E-state index contributed by atoms with van der Waals surface area (Å²) in [5.41, 5.74) is 6.12. The van der Waals surface area contributed by atoms with Crippen molar-refractivity contribution in [3.05, 3.63) is 84.0 Å². The molecule has 196 valence electrons.